The number of aromatic nitrogens is 1. The molecule has 0 amide bonds. The van der Waals surface area contributed by atoms with Crippen LogP contribution in [-0.2, 0) is 9.84 Å². The van der Waals surface area contributed by atoms with E-state index in [1.54, 1.807) is 30.3 Å². The number of H-pyrrole nitrogens is 1. The van der Waals surface area contributed by atoms with Crippen LogP contribution in [-0.4, -0.2) is 24.5 Å². The molecule has 0 aliphatic heterocycles. The lowest BCUT2D eigenvalue weighted by Crippen LogP contribution is -2.02. The van der Waals surface area contributed by atoms with Crippen LogP contribution in [0.4, 0.5) is 0 Å². The van der Waals surface area contributed by atoms with E-state index in [9.17, 15) is 13.2 Å². The van der Waals surface area contributed by atoms with E-state index < -0.39 is 15.8 Å². The first kappa shape index (κ1) is 13.4. The summed E-state index contributed by atoms with van der Waals surface area (Å²) < 4.78 is 25.3. The summed E-state index contributed by atoms with van der Waals surface area (Å²) in [5, 5.41) is 9.39. The Labute approximate surface area is 120 Å². The lowest BCUT2D eigenvalue weighted by Gasteiger charge is -2.05. The van der Waals surface area contributed by atoms with E-state index in [2.05, 4.69) is 4.98 Å². The fourth-order valence-corrected chi connectivity index (χ4v) is 3.69. The molecule has 2 aromatic carbocycles. The third-order valence-electron chi connectivity index (χ3n) is 3.20. The average Bonchev–Trinajstić information content (AvgIpc) is 2.92. The van der Waals surface area contributed by atoms with E-state index in [0.717, 1.165) is 0 Å². The van der Waals surface area contributed by atoms with Crippen LogP contribution in [0.5, 0.6) is 0 Å². The van der Waals surface area contributed by atoms with Crippen molar-refractivity contribution in [2.75, 3.05) is 0 Å². The first-order chi connectivity index (χ1) is 10.00. The molecule has 5 nitrogen and oxygen atoms in total. The van der Waals surface area contributed by atoms with Crippen molar-refractivity contribution in [1.82, 2.24) is 4.98 Å². The number of fused-ring (bicyclic) bond motifs is 1. The number of benzene rings is 2. The van der Waals surface area contributed by atoms with Gasteiger partial charge in [0.15, 0.2) is 0 Å². The summed E-state index contributed by atoms with van der Waals surface area (Å²) in [7, 11) is -3.69. The van der Waals surface area contributed by atoms with Gasteiger partial charge in [0.1, 0.15) is 5.69 Å². The number of nitrogens with one attached hydrogen (secondary N) is 1. The molecule has 21 heavy (non-hydrogen) atoms. The Morgan fingerprint density at radius 1 is 1.00 bits per heavy atom. The third kappa shape index (κ3) is 2.19. The number of carbonyl (C=O) groups is 1. The van der Waals surface area contributed by atoms with Gasteiger partial charge >= 0.3 is 5.97 Å². The summed E-state index contributed by atoms with van der Waals surface area (Å²) in [4.78, 5) is 14.0. The van der Waals surface area contributed by atoms with Crippen LogP contribution in [0.25, 0.3) is 10.9 Å². The Balaban J connectivity index is 2.28. The average molecular weight is 301 g/mol. The van der Waals surface area contributed by atoms with Gasteiger partial charge in [0.05, 0.1) is 9.79 Å². The van der Waals surface area contributed by atoms with E-state index in [1.165, 1.54) is 24.3 Å². The first-order valence-electron chi connectivity index (χ1n) is 6.15. The van der Waals surface area contributed by atoms with Gasteiger partial charge in [-0.15, -0.1) is 0 Å². The van der Waals surface area contributed by atoms with E-state index in [4.69, 9.17) is 5.11 Å². The lowest BCUT2D eigenvalue weighted by atomic mass is 10.2. The van der Waals surface area contributed by atoms with Gasteiger partial charge in [-0.2, -0.15) is 0 Å². The summed E-state index contributed by atoms with van der Waals surface area (Å²) in [6, 6.07) is 14.1. The van der Waals surface area contributed by atoms with Gasteiger partial charge in [0, 0.05) is 10.9 Å². The molecule has 2 N–H and O–H groups in total. The van der Waals surface area contributed by atoms with Crippen LogP contribution in [0.15, 0.2) is 64.4 Å². The number of sulfone groups is 1. The molecule has 0 unspecified atom stereocenters. The van der Waals surface area contributed by atoms with E-state index in [1.807, 2.05) is 0 Å². The Hall–Kier alpha value is -2.60. The highest BCUT2D eigenvalue weighted by molar-refractivity contribution is 7.91. The summed E-state index contributed by atoms with van der Waals surface area (Å²) in [5.74, 6) is -1.13. The van der Waals surface area contributed by atoms with Crippen molar-refractivity contribution in [1.29, 1.82) is 0 Å². The fourth-order valence-electron chi connectivity index (χ4n) is 2.20. The van der Waals surface area contributed by atoms with Gasteiger partial charge in [-0.25, -0.2) is 13.2 Å². The maximum Gasteiger partial charge on any atom is 0.352 e. The number of rotatable bonds is 3. The normalized spacial score (nSPS) is 11.6. The number of aromatic amines is 1. The summed E-state index contributed by atoms with van der Waals surface area (Å²) in [6.07, 6.45) is 0. The van der Waals surface area contributed by atoms with E-state index in [-0.39, 0.29) is 15.5 Å². The Bertz CT molecular complexity index is 927. The van der Waals surface area contributed by atoms with Gasteiger partial charge in [-0.05, 0) is 30.3 Å². The monoisotopic (exact) mass is 301 g/mol. The Morgan fingerprint density at radius 3 is 2.38 bits per heavy atom. The molecule has 0 fully saturated rings. The highest BCUT2D eigenvalue weighted by Crippen LogP contribution is 2.28. The number of carboxylic acids is 1. The van der Waals surface area contributed by atoms with Crippen LogP contribution in [0.1, 0.15) is 10.5 Å². The molecule has 3 aromatic rings. The maximum absolute atomic E-state index is 12.7. The van der Waals surface area contributed by atoms with Gasteiger partial charge in [-0.3, -0.25) is 0 Å². The zero-order chi connectivity index (χ0) is 15.0. The Kier molecular flexibility index (Phi) is 3.03. The van der Waals surface area contributed by atoms with Crippen molar-refractivity contribution in [3.8, 4) is 0 Å². The van der Waals surface area contributed by atoms with Crippen molar-refractivity contribution >= 4 is 26.7 Å². The van der Waals surface area contributed by atoms with Gasteiger partial charge < -0.3 is 10.1 Å². The highest BCUT2D eigenvalue weighted by atomic mass is 32.2. The van der Waals surface area contributed by atoms with Crippen molar-refractivity contribution in [2.45, 2.75) is 9.79 Å². The van der Waals surface area contributed by atoms with Gasteiger partial charge in [-0.1, -0.05) is 24.3 Å². The lowest BCUT2D eigenvalue weighted by molar-refractivity contribution is 0.0691. The van der Waals surface area contributed by atoms with Crippen molar-refractivity contribution in [3.05, 3.63) is 60.3 Å². The molecule has 0 bridgehead atoms. The van der Waals surface area contributed by atoms with Crippen LogP contribution in [0, 0.1) is 0 Å². The van der Waals surface area contributed by atoms with Crippen LogP contribution < -0.4 is 0 Å². The molecule has 6 heteroatoms. The van der Waals surface area contributed by atoms with E-state index in [0.29, 0.717) is 10.9 Å². The van der Waals surface area contributed by atoms with Crippen molar-refractivity contribution in [2.24, 2.45) is 0 Å². The van der Waals surface area contributed by atoms with Crippen LogP contribution >= 0.6 is 0 Å². The SMILES string of the molecule is O=C(O)c1cc2c(S(=O)(=O)c3ccccc3)cccc2[nH]1. The molecule has 0 radical (unpaired) electrons. The largest absolute Gasteiger partial charge is 0.477 e. The summed E-state index contributed by atoms with van der Waals surface area (Å²) >= 11 is 0. The second kappa shape index (κ2) is 4.75. The second-order valence-electron chi connectivity index (χ2n) is 4.52. The number of aromatic carboxylic acids is 1. The Morgan fingerprint density at radius 2 is 1.71 bits per heavy atom. The minimum Gasteiger partial charge on any atom is -0.477 e. The molecule has 106 valence electrons. The number of hydrogen-bond acceptors (Lipinski definition) is 3. The predicted molar refractivity (Wildman–Crippen MR) is 77.2 cm³/mol. The van der Waals surface area contributed by atoms with Crippen molar-refractivity contribution < 1.29 is 18.3 Å². The molecule has 1 aromatic heterocycles. The molecule has 3 rings (SSSR count). The predicted octanol–water partition coefficient (Wildman–Crippen LogP) is 2.70. The molecule has 0 atom stereocenters. The first-order valence-corrected chi connectivity index (χ1v) is 7.63. The molecule has 0 saturated heterocycles. The molecule has 0 spiro atoms. The topological polar surface area (TPSA) is 87.2 Å². The highest BCUT2D eigenvalue weighted by Gasteiger charge is 2.21. The second-order valence-corrected chi connectivity index (χ2v) is 6.44. The summed E-state index contributed by atoms with van der Waals surface area (Å²) in [6.45, 7) is 0. The molecule has 1 heterocycles. The molecule has 0 saturated carbocycles. The smallest absolute Gasteiger partial charge is 0.352 e. The molecular weight excluding hydrogens is 290 g/mol. The minimum atomic E-state index is -3.69. The van der Waals surface area contributed by atoms with Gasteiger partial charge in [0.25, 0.3) is 0 Å². The zero-order valence-corrected chi connectivity index (χ0v) is 11.6. The molecule has 0 aliphatic rings. The maximum atomic E-state index is 12.7. The quantitative estimate of drug-likeness (QED) is 0.778. The third-order valence-corrected chi connectivity index (χ3v) is 5.03. The standard InChI is InChI=1S/C15H11NO4S/c17-15(18)13-9-11-12(16-13)7-4-8-14(11)21(19,20)10-5-2-1-3-6-10/h1-9,16H,(H,17,18). The number of hydrogen-bond donors (Lipinski definition) is 2. The summed E-state index contributed by atoms with van der Waals surface area (Å²) in [5.41, 5.74) is 0.435. The van der Waals surface area contributed by atoms with E-state index >= 15 is 0 Å². The minimum absolute atomic E-state index is 0.0410. The fraction of sp³-hybridized carbons (Fsp3) is 0. The molecular formula is C15H11NO4S. The zero-order valence-electron chi connectivity index (χ0n) is 10.8. The van der Waals surface area contributed by atoms with Crippen LogP contribution in [0.2, 0.25) is 0 Å². The molecule has 0 aliphatic carbocycles. The van der Waals surface area contributed by atoms with Crippen molar-refractivity contribution in [3.63, 3.8) is 0 Å². The van der Waals surface area contributed by atoms with Crippen LogP contribution in [0.3, 0.4) is 0 Å². The van der Waals surface area contributed by atoms with Gasteiger partial charge in [0.2, 0.25) is 9.84 Å². The number of carboxylic acid groups (broad SMARTS) is 1.